The van der Waals surface area contributed by atoms with E-state index < -0.39 is 10.8 Å². The molecule has 1 heterocycles. The van der Waals surface area contributed by atoms with E-state index >= 15 is 0 Å². The Labute approximate surface area is 204 Å². The lowest BCUT2D eigenvalue weighted by atomic mass is 9.53. The number of carbonyl (C=O) groups is 2. The van der Waals surface area contributed by atoms with Crippen molar-refractivity contribution in [2.75, 3.05) is 19.6 Å². The van der Waals surface area contributed by atoms with E-state index in [-0.39, 0.29) is 29.1 Å². The Kier molecular flexibility index (Phi) is 5.91. The normalized spacial score (nSPS) is 33.1. The minimum atomic E-state index is -0.902. The number of rotatable bonds is 10. The van der Waals surface area contributed by atoms with Crippen molar-refractivity contribution in [2.24, 2.45) is 39.5 Å². The number of likely N-dealkylation sites (tertiary alicyclic amines) is 1. The molecule has 1 aromatic carbocycles. The first-order valence-corrected chi connectivity index (χ1v) is 13.3. The molecule has 2 saturated carbocycles. The lowest BCUT2D eigenvalue weighted by molar-refractivity contribution is -0.152. The molecule has 2 amide bonds. The Morgan fingerprint density at radius 1 is 0.912 bits per heavy atom. The molecule has 4 aliphatic rings. The van der Waals surface area contributed by atoms with Crippen molar-refractivity contribution < 1.29 is 9.59 Å². The molecule has 1 aromatic rings. The molecule has 0 radical (unpaired) electrons. The number of amides is 2. The summed E-state index contributed by atoms with van der Waals surface area (Å²) >= 11 is 0. The average Bonchev–Trinajstić information content (AvgIpc) is 3.17. The number of carbonyl (C=O) groups excluding carboxylic acids is 2. The van der Waals surface area contributed by atoms with Crippen LogP contribution in [0.3, 0.4) is 0 Å². The maximum atomic E-state index is 13.5. The summed E-state index contributed by atoms with van der Waals surface area (Å²) < 4.78 is 0. The van der Waals surface area contributed by atoms with E-state index in [1.807, 2.05) is 0 Å². The molecule has 5 rings (SSSR count). The van der Waals surface area contributed by atoms with Gasteiger partial charge >= 0.3 is 0 Å². The quantitative estimate of drug-likeness (QED) is 0.405. The molecule has 0 aromatic heterocycles. The van der Waals surface area contributed by atoms with Crippen LogP contribution in [-0.4, -0.2) is 36.3 Å². The zero-order valence-electron chi connectivity index (χ0n) is 20.9. The van der Waals surface area contributed by atoms with Gasteiger partial charge in [0.1, 0.15) is 0 Å². The molecule has 0 unspecified atom stereocenters. The summed E-state index contributed by atoms with van der Waals surface area (Å²) in [5.74, 6) is -0.560. The Bertz CT molecular complexity index is 1010. The van der Waals surface area contributed by atoms with E-state index in [4.69, 9.17) is 11.5 Å². The summed E-state index contributed by atoms with van der Waals surface area (Å²) in [6.07, 6.45) is 13.1. The van der Waals surface area contributed by atoms with Crippen LogP contribution in [-0.2, 0) is 16.0 Å². The van der Waals surface area contributed by atoms with Gasteiger partial charge < -0.3 is 16.4 Å². The van der Waals surface area contributed by atoms with Crippen molar-refractivity contribution in [3.63, 3.8) is 0 Å². The second-order valence-electron chi connectivity index (χ2n) is 11.7. The largest absolute Gasteiger partial charge is 0.369 e. The van der Waals surface area contributed by atoms with Gasteiger partial charge in [-0.1, -0.05) is 36.8 Å². The molecule has 34 heavy (non-hydrogen) atoms. The van der Waals surface area contributed by atoms with Gasteiger partial charge in [-0.05, 0) is 119 Å². The number of aryl methyl sites for hydroxylation is 3. The van der Waals surface area contributed by atoms with Gasteiger partial charge in [-0.2, -0.15) is 0 Å². The highest BCUT2D eigenvalue weighted by Gasteiger charge is 2.81. The number of unbranched alkanes of at least 4 members (excludes halogenated alkanes) is 1. The first kappa shape index (κ1) is 23.6. The lowest BCUT2D eigenvalue weighted by Gasteiger charge is -2.48. The van der Waals surface area contributed by atoms with Gasteiger partial charge in [0.05, 0.1) is 10.8 Å². The van der Waals surface area contributed by atoms with Gasteiger partial charge in [0.15, 0.2) is 0 Å². The average molecular weight is 464 g/mol. The van der Waals surface area contributed by atoms with Crippen molar-refractivity contribution in [1.29, 1.82) is 0 Å². The molecule has 3 fully saturated rings. The number of allylic oxidation sites excluding steroid dienone is 2. The van der Waals surface area contributed by atoms with E-state index in [9.17, 15) is 9.59 Å². The fourth-order valence-electron chi connectivity index (χ4n) is 8.23. The Morgan fingerprint density at radius 2 is 1.53 bits per heavy atom. The summed E-state index contributed by atoms with van der Waals surface area (Å²) in [5.41, 5.74) is 14.6. The van der Waals surface area contributed by atoms with Crippen LogP contribution in [0.25, 0.3) is 0 Å². The van der Waals surface area contributed by atoms with E-state index in [0.29, 0.717) is 12.8 Å². The third kappa shape index (κ3) is 3.30. The fraction of sp³-hybridized carbons (Fsp3) is 0.655. The summed E-state index contributed by atoms with van der Waals surface area (Å²) in [6, 6.07) is 6.50. The van der Waals surface area contributed by atoms with Crippen LogP contribution in [0.5, 0.6) is 0 Å². The smallest absolute Gasteiger partial charge is 0.225 e. The molecule has 5 nitrogen and oxygen atoms in total. The highest BCUT2D eigenvalue weighted by molar-refractivity contribution is 5.95. The molecular formula is C29H41N3O2. The van der Waals surface area contributed by atoms with E-state index in [2.05, 4.69) is 49.1 Å². The number of nitrogens with two attached hydrogens (primary N) is 2. The zero-order chi connectivity index (χ0) is 24.1. The number of hydrogen-bond donors (Lipinski definition) is 2. The second kappa shape index (κ2) is 8.51. The molecule has 1 spiro atoms. The molecular weight excluding hydrogens is 422 g/mol. The van der Waals surface area contributed by atoms with E-state index in [0.717, 1.165) is 38.6 Å². The molecule has 4 atom stereocenters. The predicted molar refractivity (Wildman–Crippen MR) is 135 cm³/mol. The van der Waals surface area contributed by atoms with Crippen LogP contribution in [0.1, 0.15) is 68.1 Å². The topological polar surface area (TPSA) is 89.4 Å². The Hall–Kier alpha value is -2.14. The predicted octanol–water partition coefficient (Wildman–Crippen LogP) is 4.04. The summed E-state index contributed by atoms with van der Waals surface area (Å²) in [7, 11) is 0. The zero-order valence-corrected chi connectivity index (χ0v) is 20.9. The van der Waals surface area contributed by atoms with E-state index in [1.165, 1.54) is 42.6 Å². The van der Waals surface area contributed by atoms with Gasteiger partial charge in [0, 0.05) is 0 Å². The molecule has 1 saturated heterocycles. The van der Waals surface area contributed by atoms with Crippen molar-refractivity contribution in [1.82, 2.24) is 4.90 Å². The van der Waals surface area contributed by atoms with Gasteiger partial charge in [-0.25, -0.2) is 0 Å². The van der Waals surface area contributed by atoms with Crippen molar-refractivity contribution >= 4 is 11.8 Å². The van der Waals surface area contributed by atoms with Crippen LogP contribution >= 0.6 is 0 Å². The molecule has 184 valence electrons. The monoisotopic (exact) mass is 463 g/mol. The van der Waals surface area contributed by atoms with Crippen LogP contribution in [0.4, 0.5) is 0 Å². The first-order chi connectivity index (χ1) is 16.3. The summed E-state index contributed by atoms with van der Waals surface area (Å²) in [5, 5.41) is 0. The van der Waals surface area contributed by atoms with Gasteiger partial charge in [0.2, 0.25) is 11.8 Å². The highest BCUT2D eigenvalue weighted by Crippen LogP contribution is 2.81. The summed E-state index contributed by atoms with van der Waals surface area (Å²) in [6.45, 7) is 7.66. The minimum absolute atomic E-state index is 0.0161. The lowest BCUT2D eigenvalue weighted by Crippen LogP contribution is -2.59. The first-order valence-electron chi connectivity index (χ1n) is 13.3. The molecule has 3 aliphatic carbocycles. The van der Waals surface area contributed by atoms with Crippen LogP contribution < -0.4 is 11.5 Å². The molecule has 5 heteroatoms. The number of nitrogens with zero attached hydrogens (tertiary/aromatic N) is 1. The van der Waals surface area contributed by atoms with Crippen LogP contribution in [0.2, 0.25) is 0 Å². The summed E-state index contributed by atoms with van der Waals surface area (Å²) in [4.78, 5) is 29.5. The number of primary amides is 2. The molecule has 2 bridgehead atoms. The fourth-order valence-corrected chi connectivity index (χ4v) is 8.23. The Morgan fingerprint density at radius 3 is 2.09 bits per heavy atom. The minimum Gasteiger partial charge on any atom is -0.369 e. The number of hydrogen-bond acceptors (Lipinski definition) is 3. The van der Waals surface area contributed by atoms with E-state index in [1.54, 1.807) is 0 Å². The maximum absolute atomic E-state index is 13.5. The second-order valence-corrected chi connectivity index (χ2v) is 11.7. The van der Waals surface area contributed by atoms with Crippen molar-refractivity contribution in [2.45, 2.75) is 71.6 Å². The SMILES string of the molecule is Cc1ccc(CC[C@@]2(C(N)=O)[C@H]3C=C[C@H](C34CC4)[C@@]2(CCCCN2CCCC2)C(N)=O)cc1C. The van der Waals surface area contributed by atoms with Crippen LogP contribution in [0.15, 0.2) is 30.4 Å². The Balaban J connectivity index is 1.46. The third-order valence-corrected chi connectivity index (χ3v) is 10.2. The van der Waals surface area contributed by atoms with Gasteiger partial charge in [-0.15, -0.1) is 0 Å². The third-order valence-electron chi connectivity index (χ3n) is 10.2. The van der Waals surface area contributed by atoms with Gasteiger partial charge in [-0.3, -0.25) is 9.59 Å². The van der Waals surface area contributed by atoms with Crippen molar-refractivity contribution in [3.8, 4) is 0 Å². The maximum Gasteiger partial charge on any atom is 0.225 e. The van der Waals surface area contributed by atoms with Crippen LogP contribution in [0, 0.1) is 41.9 Å². The van der Waals surface area contributed by atoms with Crippen molar-refractivity contribution in [3.05, 3.63) is 47.0 Å². The molecule has 4 N–H and O–H groups in total. The molecule has 1 aliphatic heterocycles. The standard InChI is InChI=1S/C29H41N3O2/c1-20-7-8-22(19-21(20)2)11-13-29(26(31)34)24-10-9-23(27(24)14-15-27)28(29,25(30)33)12-3-4-16-32-17-5-6-18-32/h7-10,19,23-24H,3-6,11-18H2,1-2H3,(H2,30,33)(H2,31,34)/t23-,24+,28+,29+/m1/s1. The number of benzene rings is 1. The van der Waals surface area contributed by atoms with Gasteiger partial charge in [0.25, 0.3) is 0 Å². The highest BCUT2D eigenvalue weighted by atomic mass is 16.2.